The van der Waals surface area contributed by atoms with Crippen LogP contribution >= 0.6 is 0 Å². The number of methoxy groups -OCH3 is 1. The number of imidazole rings is 1. The first-order chi connectivity index (χ1) is 17.3. The van der Waals surface area contributed by atoms with Crippen LogP contribution in [0.3, 0.4) is 0 Å². The van der Waals surface area contributed by atoms with Crippen LogP contribution < -0.4 is 10.2 Å². The topological polar surface area (TPSA) is 96.7 Å². The van der Waals surface area contributed by atoms with E-state index in [1.165, 1.54) is 13.2 Å². The summed E-state index contributed by atoms with van der Waals surface area (Å²) in [5, 5.41) is 12.8. The fraction of sp³-hybridized carbons (Fsp3) is 0.423. The van der Waals surface area contributed by atoms with Crippen LogP contribution in [-0.2, 0) is 16.0 Å². The molecule has 1 aliphatic carbocycles. The number of benzene rings is 2. The number of hydrogen-bond donors (Lipinski definition) is 2. The Labute approximate surface area is 206 Å². The maximum Gasteiger partial charge on any atom is 0.414 e. The zero-order chi connectivity index (χ0) is 25.6. The fourth-order valence-electron chi connectivity index (χ4n) is 5.56. The number of carboxylic acid groups (broad SMARTS) is 1. The van der Waals surface area contributed by atoms with Gasteiger partial charge in [0.05, 0.1) is 29.7 Å². The molecule has 1 amide bonds. The van der Waals surface area contributed by atoms with Crippen molar-refractivity contribution in [2.24, 2.45) is 5.92 Å². The molecule has 190 valence electrons. The van der Waals surface area contributed by atoms with Crippen molar-refractivity contribution >= 4 is 40.4 Å². The second kappa shape index (κ2) is 9.40. The van der Waals surface area contributed by atoms with E-state index >= 15 is 0 Å². The van der Waals surface area contributed by atoms with Crippen LogP contribution in [0.2, 0.25) is 0 Å². The standard InChI is InChI=1S/C26H28F2N4O4/c1-14-6-8-18-21(31(14)26(35)36-2)10-11-22-23(18)30-25(29-16-7-9-19(27)20(28)13-16)32(22)17-5-3-4-15(12-17)24(33)34/h7,9-11,13-15,17H,3-6,8,12H2,1-2H3,(H,29,30)(H,33,34)/t14-,15+,17+/m0/s1. The first kappa shape index (κ1) is 24.0. The maximum absolute atomic E-state index is 13.9. The molecule has 5 rings (SSSR count). The van der Waals surface area contributed by atoms with E-state index in [9.17, 15) is 23.5 Å². The van der Waals surface area contributed by atoms with Gasteiger partial charge in [0.1, 0.15) is 0 Å². The first-order valence-electron chi connectivity index (χ1n) is 12.1. The van der Waals surface area contributed by atoms with Crippen molar-refractivity contribution in [3.8, 4) is 0 Å². The van der Waals surface area contributed by atoms with Crippen molar-refractivity contribution in [3.63, 3.8) is 0 Å². The number of aryl methyl sites for hydroxylation is 1. The molecule has 0 spiro atoms. The number of carboxylic acids is 1. The smallest absolute Gasteiger partial charge is 0.414 e. The average Bonchev–Trinajstić information content (AvgIpc) is 3.23. The van der Waals surface area contributed by atoms with Crippen molar-refractivity contribution in [2.75, 3.05) is 17.3 Å². The Bertz CT molecular complexity index is 1340. The number of carbonyl (C=O) groups is 2. The lowest BCUT2D eigenvalue weighted by Gasteiger charge is -2.34. The van der Waals surface area contributed by atoms with Crippen LogP contribution in [0.25, 0.3) is 11.0 Å². The quantitative estimate of drug-likeness (QED) is 0.473. The van der Waals surface area contributed by atoms with Crippen LogP contribution in [0.15, 0.2) is 30.3 Å². The molecule has 2 N–H and O–H groups in total. The molecule has 2 heterocycles. The largest absolute Gasteiger partial charge is 0.481 e. The first-order valence-corrected chi connectivity index (χ1v) is 12.1. The van der Waals surface area contributed by atoms with Gasteiger partial charge in [0.15, 0.2) is 11.6 Å². The lowest BCUT2D eigenvalue weighted by atomic mass is 9.85. The molecular weight excluding hydrogens is 470 g/mol. The molecule has 0 unspecified atom stereocenters. The van der Waals surface area contributed by atoms with Crippen LogP contribution in [0.1, 0.15) is 50.6 Å². The van der Waals surface area contributed by atoms with Crippen LogP contribution in [-0.4, -0.2) is 39.9 Å². The van der Waals surface area contributed by atoms with Gasteiger partial charge in [-0.2, -0.15) is 0 Å². The number of fused-ring (bicyclic) bond motifs is 3. The van der Waals surface area contributed by atoms with Crippen LogP contribution in [0, 0.1) is 17.6 Å². The third kappa shape index (κ3) is 4.14. The van der Waals surface area contributed by atoms with E-state index in [0.29, 0.717) is 36.4 Å². The van der Waals surface area contributed by atoms with Gasteiger partial charge in [0.2, 0.25) is 5.95 Å². The summed E-state index contributed by atoms with van der Waals surface area (Å²) >= 11 is 0. The summed E-state index contributed by atoms with van der Waals surface area (Å²) in [6.07, 6.45) is 3.56. The molecular formula is C26H28F2N4O4. The normalized spacial score (nSPS) is 21.8. The Morgan fingerprint density at radius 3 is 2.67 bits per heavy atom. The molecule has 1 aromatic heterocycles. The highest BCUT2D eigenvalue weighted by Crippen LogP contribution is 2.42. The van der Waals surface area contributed by atoms with Crippen LogP contribution in [0.4, 0.5) is 30.9 Å². The Kier molecular flexibility index (Phi) is 6.27. The molecule has 1 aliphatic heterocycles. The Balaban J connectivity index is 1.65. The van der Waals surface area contributed by atoms with Gasteiger partial charge in [-0.1, -0.05) is 6.42 Å². The van der Waals surface area contributed by atoms with E-state index in [4.69, 9.17) is 9.72 Å². The van der Waals surface area contributed by atoms with E-state index in [1.54, 1.807) is 4.90 Å². The Morgan fingerprint density at radius 2 is 1.94 bits per heavy atom. The summed E-state index contributed by atoms with van der Waals surface area (Å²) < 4.78 is 34.5. The summed E-state index contributed by atoms with van der Waals surface area (Å²) in [4.78, 5) is 30.8. The summed E-state index contributed by atoms with van der Waals surface area (Å²) in [5.74, 6) is -2.79. The molecule has 2 aliphatic rings. The predicted molar refractivity (Wildman–Crippen MR) is 131 cm³/mol. The second-order valence-corrected chi connectivity index (χ2v) is 9.57. The Morgan fingerprint density at radius 1 is 1.14 bits per heavy atom. The molecule has 10 heteroatoms. The van der Waals surface area contributed by atoms with Crippen molar-refractivity contribution in [2.45, 2.75) is 57.5 Å². The number of aromatic nitrogens is 2. The highest BCUT2D eigenvalue weighted by molar-refractivity contribution is 5.96. The fourth-order valence-corrected chi connectivity index (χ4v) is 5.56. The molecule has 3 aromatic rings. The molecule has 0 radical (unpaired) electrons. The Hall–Kier alpha value is -3.69. The molecule has 0 bridgehead atoms. The van der Waals surface area contributed by atoms with Crippen molar-refractivity contribution in [3.05, 3.63) is 47.5 Å². The third-order valence-corrected chi connectivity index (χ3v) is 7.36. The number of nitrogens with zero attached hydrogens (tertiary/aromatic N) is 3. The van der Waals surface area contributed by atoms with Crippen molar-refractivity contribution in [1.29, 1.82) is 0 Å². The highest BCUT2D eigenvalue weighted by atomic mass is 19.2. The predicted octanol–water partition coefficient (Wildman–Crippen LogP) is 5.78. The van der Waals surface area contributed by atoms with Crippen LogP contribution in [0.5, 0.6) is 0 Å². The van der Waals surface area contributed by atoms with E-state index in [1.807, 2.05) is 23.6 Å². The summed E-state index contributed by atoms with van der Waals surface area (Å²) in [6.45, 7) is 1.97. The third-order valence-electron chi connectivity index (χ3n) is 7.36. The maximum atomic E-state index is 13.9. The molecule has 1 fully saturated rings. The molecule has 2 aromatic carbocycles. The molecule has 8 nitrogen and oxygen atoms in total. The van der Waals surface area contributed by atoms with Crippen molar-refractivity contribution < 1.29 is 28.2 Å². The van der Waals surface area contributed by atoms with E-state index < -0.39 is 29.6 Å². The van der Waals surface area contributed by atoms with Gasteiger partial charge in [-0.3, -0.25) is 9.69 Å². The monoisotopic (exact) mass is 498 g/mol. The van der Waals surface area contributed by atoms with E-state index in [2.05, 4.69) is 5.32 Å². The molecule has 0 saturated heterocycles. The minimum absolute atomic E-state index is 0.0426. The lowest BCUT2D eigenvalue weighted by Crippen LogP contribution is -2.42. The van der Waals surface area contributed by atoms with Gasteiger partial charge in [0, 0.05) is 29.4 Å². The lowest BCUT2D eigenvalue weighted by molar-refractivity contribution is -0.143. The summed E-state index contributed by atoms with van der Waals surface area (Å²) in [5.41, 5.74) is 3.44. The van der Waals surface area contributed by atoms with Gasteiger partial charge in [-0.15, -0.1) is 0 Å². The number of rotatable bonds is 4. The van der Waals surface area contributed by atoms with E-state index in [0.717, 1.165) is 48.2 Å². The van der Waals surface area contributed by atoms with Gasteiger partial charge < -0.3 is 19.7 Å². The SMILES string of the molecule is COC(=O)N1c2ccc3c(nc(Nc4ccc(F)c(F)c4)n3[C@@H]3CCC[C@@H](C(=O)O)C3)c2CC[C@@H]1C. The number of hydrogen-bond acceptors (Lipinski definition) is 5. The molecule has 1 saturated carbocycles. The highest BCUT2D eigenvalue weighted by Gasteiger charge is 2.34. The molecule has 36 heavy (non-hydrogen) atoms. The summed E-state index contributed by atoms with van der Waals surface area (Å²) in [7, 11) is 1.35. The minimum atomic E-state index is -0.980. The van der Waals surface area contributed by atoms with Gasteiger partial charge >= 0.3 is 12.1 Å². The zero-order valence-electron chi connectivity index (χ0n) is 20.1. The minimum Gasteiger partial charge on any atom is -0.481 e. The summed E-state index contributed by atoms with van der Waals surface area (Å²) in [6, 6.07) is 7.12. The van der Waals surface area contributed by atoms with Gasteiger partial charge in [-0.25, -0.2) is 18.6 Å². The van der Waals surface area contributed by atoms with Crippen molar-refractivity contribution in [1.82, 2.24) is 9.55 Å². The van der Waals surface area contributed by atoms with Gasteiger partial charge in [-0.05, 0) is 63.3 Å². The second-order valence-electron chi connectivity index (χ2n) is 9.57. The molecule has 3 atom stereocenters. The zero-order valence-corrected chi connectivity index (χ0v) is 20.1. The number of ether oxygens (including phenoxy) is 1. The number of anilines is 3. The number of aliphatic carboxylic acids is 1. The number of carbonyl (C=O) groups excluding carboxylic acids is 1. The average molecular weight is 499 g/mol. The number of nitrogens with one attached hydrogen (secondary N) is 1. The number of amides is 1. The van der Waals surface area contributed by atoms with E-state index in [-0.39, 0.29) is 12.1 Å². The number of halogens is 2. The van der Waals surface area contributed by atoms with Gasteiger partial charge in [0.25, 0.3) is 0 Å².